The van der Waals surface area contributed by atoms with Crippen molar-refractivity contribution in [1.29, 1.82) is 0 Å². The van der Waals surface area contributed by atoms with Gasteiger partial charge in [0.15, 0.2) is 11.5 Å². The minimum absolute atomic E-state index is 0.456. The van der Waals surface area contributed by atoms with Crippen molar-refractivity contribution in [3.05, 3.63) is 82.8 Å². The summed E-state index contributed by atoms with van der Waals surface area (Å²) >= 11 is 7.63. The maximum absolute atomic E-state index is 6.02. The van der Waals surface area contributed by atoms with Crippen LogP contribution < -0.4 is 4.74 Å². The molecule has 0 spiro atoms. The molecule has 0 bridgehead atoms. The van der Waals surface area contributed by atoms with Crippen LogP contribution in [0, 0.1) is 13.8 Å². The van der Waals surface area contributed by atoms with Gasteiger partial charge in [-0.15, -0.1) is 16.4 Å². The number of nitrogens with zero attached hydrogens (tertiary/aromatic N) is 5. The second-order valence-electron chi connectivity index (χ2n) is 7.93. The molecule has 0 aliphatic rings. The van der Waals surface area contributed by atoms with Gasteiger partial charge in [-0.05, 0) is 49.2 Å². The van der Waals surface area contributed by atoms with Crippen molar-refractivity contribution in [1.82, 2.24) is 24.6 Å². The number of fused-ring (bicyclic) bond motifs is 5. The van der Waals surface area contributed by atoms with Crippen LogP contribution >= 0.6 is 22.9 Å². The lowest BCUT2D eigenvalue weighted by Gasteiger charge is -2.07. The zero-order chi connectivity index (χ0) is 22.5. The second-order valence-corrected chi connectivity index (χ2v) is 9.37. The van der Waals surface area contributed by atoms with Gasteiger partial charge in [-0.1, -0.05) is 41.9 Å². The Morgan fingerprint density at radius 2 is 1.88 bits per heavy atom. The summed E-state index contributed by atoms with van der Waals surface area (Å²) in [7, 11) is 0. The Hall–Kier alpha value is -3.55. The van der Waals surface area contributed by atoms with Crippen LogP contribution in [0.25, 0.3) is 37.5 Å². The third kappa shape index (κ3) is 3.59. The third-order valence-corrected chi connectivity index (χ3v) is 6.81. The topological polar surface area (TPSA) is 65.2 Å². The molecular weight excluding hydrogens is 454 g/mol. The lowest BCUT2D eigenvalue weighted by molar-refractivity contribution is 0.306. The number of aromatic nitrogens is 5. The summed E-state index contributed by atoms with van der Waals surface area (Å²) in [5.74, 6) is 1.40. The minimum atomic E-state index is 0.456. The molecule has 162 valence electrons. The largest absolute Gasteiger partial charge is 0.489 e. The highest BCUT2D eigenvalue weighted by molar-refractivity contribution is 7.26. The molecule has 6 rings (SSSR count). The minimum Gasteiger partial charge on any atom is -0.489 e. The number of rotatable bonds is 4. The van der Waals surface area contributed by atoms with E-state index in [-0.39, 0.29) is 0 Å². The number of halogens is 1. The van der Waals surface area contributed by atoms with Gasteiger partial charge < -0.3 is 4.74 Å². The number of benzene rings is 2. The van der Waals surface area contributed by atoms with E-state index in [4.69, 9.17) is 26.3 Å². The molecule has 33 heavy (non-hydrogen) atoms. The van der Waals surface area contributed by atoms with Crippen LogP contribution in [0.3, 0.4) is 0 Å². The molecule has 0 radical (unpaired) electrons. The molecule has 0 fully saturated rings. The predicted octanol–water partition coefficient (Wildman–Crippen LogP) is 6.40. The summed E-state index contributed by atoms with van der Waals surface area (Å²) in [6.45, 7) is 4.57. The first-order valence-corrected chi connectivity index (χ1v) is 11.6. The lowest BCUT2D eigenvalue weighted by atomic mass is 10.1. The average Bonchev–Trinajstić information content (AvgIpc) is 3.39. The third-order valence-electron chi connectivity index (χ3n) is 5.51. The fraction of sp³-hybridized carbons (Fsp3) is 0.120. The van der Waals surface area contributed by atoms with Crippen LogP contribution in [0.4, 0.5) is 0 Å². The van der Waals surface area contributed by atoms with E-state index in [1.807, 2.05) is 49.4 Å². The van der Waals surface area contributed by atoms with E-state index in [9.17, 15) is 0 Å². The normalized spacial score (nSPS) is 11.6. The van der Waals surface area contributed by atoms with E-state index in [0.29, 0.717) is 17.5 Å². The first kappa shape index (κ1) is 20.1. The molecule has 0 N–H and O–H groups in total. The van der Waals surface area contributed by atoms with Crippen LogP contribution in [0.15, 0.2) is 60.9 Å². The van der Waals surface area contributed by atoms with E-state index < -0.39 is 0 Å². The summed E-state index contributed by atoms with van der Waals surface area (Å²) in [5.41, 5.74) is 5.89. The first-order chi connectivity index (χ1) is 16.0. The van der Waals surface area contributed by atoms with Crippen molar-refractivity contribution < 1.29 is 4.74 Å². The van der Waals surface area contributed by atoms with E-state index in [1.165, 1.54) is 5.56 Å². The zero-order valence-corrected chi connectivity index (χ0v) is 19.5. The summed E-state index contributed by atoms with van der Waals surface area (Å²) in [6, 6.07) is 17.5. The van der Waals surface area contributed by atoms with Gasteiger partial charge in [0.2, 0.25) is 0 Å². The van der Waals surface area contributed by atoms with Gasteiger partial charge in [0, 0.05) is 21.7 Å². The van der Waals surface area contributed by atoms with Gasteiger partial charge in [0.25, 0.3) is 0 Å². The maximum atomic E-state index is 6.02. The highest BCUT2D eigenvalue weighted by atomic mass is 35.5. The van der Waals surface area contributed by atoms with Crippen molar-refractivity contribution in [2.45, 2.75) is 20.5 Å². The molecule has 4 heterocycles. The summed E-state index contributed by atoms with van der Waals surface area (Å²) in [5, 5.41) is 6.41. The number of aryl methyl sites for hydroxylation is 2. The Morgan fingerprint density at radius 3 is 2.70 bits per heavy atom. The average molecular weight is 472 g/mol. The van der Waals surface area contributed by atoms with Gasteiger partial charge in [0.1, 0.15) is 28.2 Å². The first-order valence-electron chi connectivity index (χ1n) is 10.4. The molecule has 0 saturated heterocycles. The van der Waals surface area contributed by atoms with Gasteiger partial charge in [0.05, 0.1) is 5.52 Å². The quantitative estimate of drug-likeness (QED) is 0.297. The van der Waals surface area contributed by atoms with E-state index >= 15 is 0 Å². The van der Waals surface area contributed by atoms with Gasteiger partial charge in [-0.3, -0.25) is 0 Å². The standard InChI is InChI=1S/C25H18ClN5OS/c1-14-10-15(2)28-25-20(14)21-22(33-25)24-29-23(30-31(24)13-27-21)17-8-6-16(7-9-17)12-32-19-5-3-4-18(26)11-19/h3-11,13H,12H2,1-2H3. The number of hydrogen-bond donors (Lipinski definition) is 0. The Bertz CT molecular complexity index is 1660. The highest BCUT2D eigenvalue weighted by Crippen LogP contribution is 2.36. The second kappa shape index (κ2) is 7.79. The molecule has 0 atom stereocenters. The van der Waals surface area contributed by atoms with Crippen molar-refractivity contribution in [2.75, 3.05) is 0 Å². The van der Waals surface area contributed by atoms with E-state index in [0.717, 1.165) is 48.7 Å². The van der Waals surface area contributed by atoms with Crippen LogP contribution in [0.1, 0.15) is 16.8 Å². The van der Waals surface area contributed by atoms with Gasteiger partial charge in [-0.2, -0.15) is 0 Å². The van der Waals surface area contributed by atoms with Crippen LogP contribution in [0.5, 0.6) is 5.75 Å². The van der Waals surface area contributed by atoms with Gasteiger partial charge >= 0.3 is 0 Å². The maximum Gasteiger partial charge on any atom is 0.182 e. The zero-order valence-electron chi connectivity index (χ0n) is 17.9. The van der Waals surface area contributed by atoms with E-state index in [2.05, 4.69) is 23.1 Å². The Kier molecular flexibility index (Phi) is 4.74. The molecule has 0 unspecified atom stereocenters. The lowest BCUT2D eigenvalue weighted by Crippen LogP contribution is -1.95. The fourth-order valence-corrected chi connectivity index (χ4v) is 5.37. The Labute approximate surface area is 198 Å². The number of ether oxygens (including phenoxy) is 1. The molecule has 4 aromatic heterocycles. The number of pyridine rings is 1. The predicted molar refractivity (Wildman–Crippen MR) is 132 cm³/mol. The Balaban J connectivity index is 1.33. The van der Waals surface area contributed by atoms with Crippen molar-refractivity contribution >= 4 is 49.0 Å². The summed E-state index contributed by atoms with van der Waals surface area (Å²) in [4.78, 5) is 15.2. The molecule has 6 nitrogen and oxygen atoms in total. The smallest absolute Gasteiger partial charge is 0.182 e. The molecule has 0 aliphatic heterocycles. The molecular formula is C25H18ClN5OS. The fourth-order valence-electron chi connectivity index (χ4n) is 3.96. The summed E-state index contributed by atoms with van der Waals surface area (Å²) < 4.78 is 8.57. The molecule has 0 amide bonds. The molecule has 0 saturated carbocycles. The highest BCUT2D eigenvalue weighted by Gasteiger charge is 2.16. The molecule has 0 aliphatic carbocycles. The molecule has 6 aromatic rings. The van der Waals surface area contributed by atoms with Gasteiger partial charge in [-0.25, -0.2) is 19.5 Å². The van der Waals surface area contributed by atoms with Crippen molar-refractivity contribution in [2.24, 2.45) is 0 Å². The number of hydrogen-bond acceptors (Lipinski definition) is 6. The Morgan fingerprint density at radius 1 is 1.03 bits per heavy atom. The van der Waals surface area contributed by atoms with Crippen LogP contribution in [-0.4, -0.2) is 24.6 Å². The van der Waals surface area contributed by atoms with Crippen molar-refractivity contribution in [3.63, 3.8) is 0 Å². The monoisotopic (exact) mass is 471 g/mol. The summed E-state index contributed by atoms with van der Waals surface area (Å²) in [6.07, 6.45) is 1.73. The molecule has 8 heteroatoms. The van der Waals surface area contributed by atoms with E-state index in [1.54, 1.807) is 28.2 Å². The van der Waals surface area contributed by atoms with Crippen LogP contribution in [-0.2, 0) is 6.61 Å². The van der Waals surface area contributed by atoms with Crippen LogP contribution in [0.2, 0.25) is 5.02 Å². The number of thiophene rings is 1. The van der Waals surface area contributed by atoms with Crippen molar-refractivity contribution in [3.8, 4) is 17.1 Å². The SMILES string of the molecule is Cc1cc(C)c2c(n1)sc1c2ncn2nc(-c3ccc(COc4cccc(Cl)c4)cc3)nc12. The molecule has 2 aromatic carbocycles.